The van der Waals surface area contributed by atoms with Gasteiger partial charge in [0.25, 0.3) is 5.91 Å². The van der Waals surface area contributed by atoms with Crippen LogP contribution < -0.4 is 5.32 Å². The van der Waals surface area contributed by atoms with Gasteiger partial charge in [0.15, 0.2) is 0 Å². The summed E-state index contributed by atoms with van der Waals surface area (Å²) in [7, 11) is -3.92. The lowest BCUT2D eigenvalue weighted by atomic mass is 9.95. The second-order valence-electron chi connectivity index (χ2n) is 9.14. The molecular formula is C28H27Cl2N3O4S. The summed E-state index contributed by atoms with van der Waals surface area (Å²) in [5.41, 5.74) is 0.674. The molecule has 1 fully saturated rings. The molecule has 1 amide bonds. The van der Waals surface area contributed by atoms with Crippen molar-refractivity contribution in [3.63, 3.8) is 0 Å². The van der Waals surface area contributed by atoms with E-state index in [4.69, 9.17) is 27.6 Å². The van der Waals surface area contributed by atoms with Crippen molar-refractivity contribution >= 4 is 45.2 Å². The number of carbonyl (C=O) groups excluding carboxylic acids is 1. The summed E-state index contributed by atoms with van der Waals surface area (Å²) in [5.74, 6) is 0.199. The van der Waals surface area contributed by atoms with Gasteiger partial charge in [0.1, 0.15) is 23.2 Å². The smallest absolute Gasteiger partial charge is 0.262 e. The fraction of sp³-hybridized carbons (Fsp3) is 0.286. The van der Waals surface area contributed by atoms with Crippen LogP contribution in [0.4, 0.5) is 0 Å². The van der Waals surface area contributed by atoms with Crippen molar-refractivity contribution in [1.29, 1.82) is 5.26 Å². The van der Waals surface area contributed by atoms with Gasteiger partial charge in [0, 0.05) is 28.7 Å². The number of hydrogen-bond donors (Lipinski definition) is 1. The lowest BCUT2D eigenvalue weighted by Gasteiger charge is -2.22. The second-order valence-corrected chi connectivity index (χ2v) is 11.9. The van der Waals surface area contributed by atoms with Crippen molar-refractivity contribution in [2.45, 2.75) is 56.1 Å². The number of rotatable bonds is 9. The van der Waals surface area contributed by atoms with E-state index >= 15 is 0 Å². The van der Waals surface area contributed by atoms with E-state index in [0.29, 0.717) is 15.8 Å². The number of carbonyl (C=O) groups is 1. The molecule has 198 valence electrons. The molecular weight excluding hydrogens is 545 g/mol. The van der Waals surface area contributed by atoms with Crippen molar-refractivity contribution < 1.29 is 17.6 Å². The van der Waals surface area contributed by atoms with Crippen LogP contribution in [0.5, 0.6) is 0 Å². The highest BCUT2D eigenvalue weighted by atomic mass is 35.5. The molecule has 2 aromatic carbocycles. The van der Waals surface area contributed by atoms with Gasteiger partial charge in [-0.1, -0.05) is 54.6 Å². The summed E-state index contributed by atoms with van der Waals surface area (Å²) in [4.78, 5) is 12.7. The highest BCUT2D eigenvalue weighted by Crippen LogP contribution is 2.25. The molecule has 0 saturated heterocycles. The molecule has 1 heterocycles. The molecule has 3 aromatic rings. The van der Waals surface area contributed by atoms with E-state index < -0.39 is 15.9 Å². The lowest BCUT2D eigenvalue weighted by Crippen LogP contribution is -2.36. The van der Waals surface area contributed by atoms with Crippen LogP contribution in [0.2, 0.25) is 10.0 Å². The van der Waals surface area contributed by atoms with Gasteiger partial charge < -0.3 is 9.73 Å². The van der Waals surface area contributed by atoms with Gasteiger partial charge in [-0.05, 0) is 66.9 Å². The minimum atomic E-state index is -3.92. The molecule has 10 heteroatoms. The van der Waals surface area contributed by atoms with Crippen LogP contribution in [0.25, 0.3) is 6.08 Å². The summed E-state index contributed by atoms with van der Waals surface area (Å²) in [5, 5.41) is 13.4. The number of nitriles is 1. The van der Waals surface area contributed by atoms with E-state index in [0.717, 1.165) is 37.7 Å². The van der Waals surface area contributed by atoms with Crippen molar-refractivity contribution in [2.75, 3.05) is 0 Å². The highest BCUT2D eigenvalue weighted by Gasteiger charge is 2.26. The Morgan fingerprint density at radius 1 is 0.974 bits per heavy atom. The first-order valence-electron chi connectivity index (χ1n) is 12.3. The van der Waals surface area contributed by atoms with Gasteiger partial charge in [-0.15, -0.1) is 0 Å². The standard InChI is InChI=1S/C28H27Cl2N3O4S/c29-22-8-6-20(7-9-22)18-33(38(35,36)27-14-10-23(30)11-15-27)19-26-13-12-25(37-26)16-21(17-31)28(34)32-24-4-2-1-3-5-24/h6-16,24H,1-5,18-19H2,(H,32,34)/b21-16-. The van der Waals surface area contributed by atoms with Crippen molar-refractivity contribution in [3.8, 4) is 6.07 Å². The third kappa shape index (κ3) is 7.27. The number of halogens is 2. The van der Waals surface area contributed by atoms with E-state index in [2.05, 4.69) is 5.32 Å². The minimum Gasteiger partial charge on any atom is -0.460 e. The maximum Gasteiger partial charge on any atom is 0.262 e. The van der Waals surface area contributed by atoms with Crippen molar-refractivity contribution in [2.24, 2.45) is 0 Å². The Hall–Kier alpha value is -3.09. The molecule has 1 saturated carbocycles. The third-order valence-electron chi connectivity index (χ3n) is 6.33. The van der Waals surface area contributed by atoms with Gasteiger partial charge in [-0.25, -0.2) is 8.42 Å². The Morgan fingerprint density at radius 2 is 1.61 bits per heavy atom. The fourth-order valence-corrected chi connectivity index (χ4v) is 5.95. The molecule has 0 bridgehead atoms. The SMILES string of the molecule is N#C/C(=C/c1ccc(CN(Cc2ccc(Cl)cc2)S(=O)(=O)c2ccc(Cl)cc2)o1)C(=O)NC1CCCCC1. The van der Waals surface area contributed by atoms with Crippen LogP contribution in [0.3, 0.4) is 0 Å². The minimum absolute atomic E-state index is 0.0664. The Kier molecular flexibility index (Phi) is 9.29. The third-order valence-corrected chi connectivity index (χ3v) is 8.64. The number of furan rings is 1. The summed E-state index contributed by atoms with van der Waals surface area (Å²) < 4.78 is 34.2. The fourth-order valence-electron chi connectivity index (χ4n) is 4.31. The second kappa shape index (κ2) is 12.6. The molecule has 38 heavy (non-hydrogen) atoms. The zero-order chi connectivity index (χ0) is 27.1. The van der Waals surface area contributed by atoms with Gasteiger partial charge in [-0.3, -0.25) is 4.79 Å². The maximum atomic E-state index is 13.5. The topological polar surface area (TPSA) is 103 Å². The molecule has 0 unspecified atom stereocenters. The average Bonchev–Trinajstić information content (AvgIpc) is 3.36. The first-order chi connectivity index (χ1) is 18.2. The lowest BCUT2D eigenvalue weighted by molar-refractivity contribution is -0.117. The van der Waals surface area contributed by atoms with Crippen LogP contribution in [-0.4, -0.2) is 24.7 Å². The van der Waals surface area contributed by atoms with E-state index in [1.807, 2.05) is 6.07 Å². The van der Waals surface area contributed by atoms with Gasteiger partial charge in [-0.2, -0.15) is 9.57 Å². The van der Waals surface area contributed by atoms with Crippen molar-refractivity contribution in [3.05, 3.63) is 93.4 Å². The first kappa shape index (κ1) is 27.9. The van der Waals surface area contributed by atoms with Crippen LogP contribution >= 0.6 is 23.2 Å². The molecule has 1 aromatic heterocycles. The Balaban J connectivity index is 1.55. The molecule has 0 spiro atoms. The van der Waals surface area contributed by atoms with Crippen LogP contribution in [0, 0.1) is 11.3 Å². The van der Waals surface area contributed by atoms with E-state index in [1.54, 1.807) is 36.4 Å². The normalized spacial score (nSPS) is 14.8. The molecule has 0 atom stereocenters. The predicted octanol–water partition coefficient (Wildman–Crippen LogP) is 6.33. The van der Waals surface area contributed by atoms with Crippen LogP contribution in [0.1, 0.15) is 49.2 Å². The Morgan fingerprint density at radius 3 is 2.24 bits per heavy atom. The van der Waals surface area contributed by atoms with Crippen LogP contribution in [-0.2, 0) is 27.9 Å². The van der Waals surface area contributed by atoms with Crippen LogP contribution in [0.15, 0.2) is 75.5 Å². The molecule has 1 aliphatic rings. The molecule has 0 aliphatic heterocycles. The number of amides is 1. The number of nitrogens with one attached hydrogen (secondary N) is 1. The molecule has 7 nitrogen and oxygen atoms in total. The van der Waals surface area contributed by atoms with Gasteiger partial charge in [0.2, 0.25) is 10.0 Å². The summed E-state index contributed by atoms with van der Waals surface area (Å²) in [6.45, 7) is -0.00117. The number of sulfonamides is 1. The monoisotopic (exact) mass is 571 g/mol. The van der Waals surface area contributed by atoms with E-state index in [-0.39, 0.29) is 35.4 Å². The number of nitrogens with zero attached hydrogens (tertiary/aromatic N) is 2. The molecule has 4 rings (SSSR count). The summed E-state index contributed by atoms with van der Waals surface area (Å²) in [6, 6.07) is 18.1. The summed E-state index contributed by atoms with van der Waals surface area (Å²) >= 11 is 12.0. The Bertz CT molecular complexity index is 1440. The van der Waals surface area contributed by atoms with E-state index in [9.17, 15) is 18.5 Å². The zero-order valence-electron chi connectivity index (χ0n) is 20.6. The van der Waals surface area contributed by atoms with E-state index in [1.165, 1.54) is 34.6 Å². The zero-order valence-corrected chi connectivity index (χ0v) is 22.9. The number of benzene rings is 2. The predicted molar refractivity (Wildman–Crippen MR) is 147 cm³/mol. The highest BCUT2D eigenvalue weighted by molar-refractivity contribution is 7.89. The first-order valence-corrected chi connectivity index (χ1v) is 14.5. The van der Waals surface area contributed by atoms with Gasteiger partial charge in [0.05, 0.1) is 11.4 Å². The van der Waals surface area contributed by atoms with Gasteiger partial charge >= 0.3 is 0 Å². The summed E-state index contributed by atoms with van der Waals surface area (Å²) in [6.07, 6.45) is 6.46. The molecule has 1 aliphatic carbocycles. The quantitative estimate of drug-likeness (QED) is 0.238. The molecule has 0 radical (unpaired) electrons. The van der Waals surface area contributed by atoms with Crippen molar-refractivity contribution in [1.82, 2.24) is 9.62 Å². The molecule has 1 N–H and O–H groups in total. The number of hydrogen-bond acceptors (Lipinski definition) is 5. The average molecular weight is 573 g/mol. The largest absolute Gasteiger partial charge is 0.460 e. The maximum absolute atomic E-state index is 13.5. The Labute approximate surface area is 232 Å².